The largest absolute Gasteiger partial charge is 0.495 e. The van der Waals surface area contributed by atoms with Crippen LogP contribution in [0.5, 0.6) is 5.75 Å². The highest BCUT2D eigenvalue weighted by molar-refractivity contribution is 6.31. The molecule has 0 saturated carbocycles. The van der Waals surface area contributed by atoms with Crippen LogP contribution in [-0.2, 0) is 6.54 Å². The van der Waals surface area contributed by atoms with Crippen LogP contribution in [0.4, 0.5) is 15.8 Å². The van der Waals surface area contributed by atoms with Crippen molar-refractivity contribution in [2.75, 3.05) is 12.4 Å². The Labute approximate surface area is 167 Å². The van der Waals surface area contributed by atoms with Gasteiger partial charge < -0.3 is 15.4 Å². The first-order valence-corrected chi connectivity index (χ1v) is 8.93. The van der Waals surface area contributed by atoms with Gasteiger partial charge in [0.05, 0.1) is 30.2 Å². The summed E-state index contributed by atoms with van der Waals surface area (Å²) in [5.41, 5.74) is 3.45. The summed E-state index contributed by atoms with van der Waals surface area (Å²) in [4.78, 5) is 16.5. The summed E-state index contributed by atoms with van der Waals surface area (Å²) in [7, 11) is 1.56. The number of methoxy groups -OCH3 is 1. The number of ether oxygens (including phenoxy) is 1. The number of rotatable bonds is 6. The Kier molecular flexibility index (Phi) is 6.11. The van der Waals surface area contributed by atoms with Gasteiger partial charge in [-0.25, -0.2) is 4.39 Å². The molecule has 0 fully saturated rings. The lowest BCUT2D eigenvalue weighted by molar-refractivity contribution is 0.0950. The minimum atomic E-state index is -0.314. The number of aromatic nitrogens is 1. The van der Waals surface area contributed by atoms with Gasteiger partial charge in [-0.05, 0) is 42.3 Å². The number of pyridine rings is 1. The number of nitrogens with zero attached hydrogens (tertiary/aromatic N) is 1. The maximum atomic E-state index is 13.0. The van der Waals surface area contributed by atoms with Crippen molar-refractivity contribution < 1.29 is 13.9 Å². The Bertz CT molecular complexity index is 993. The van der Waals surface area contributed by atoms with Crippen LogP contribution in [0, 0.1) is 12.7 Å². The van der Waals surface area contributed by atoms with Gasteiger partial charge in [0.25, 0.3) is 5.91 Å². The minimum absolute atomic E-state index is 0.278. The van der Waals surface area contributed by atoms with Crippen LogP contribution < -0.4 is 15.4 Å². The van der Waals surface area contributed by atoms with Gasteiger partial charge in [0, 0.05) is 23.8 Å². The molecule has 1 aromatic heterocycles. The van der Waals surface area contributed by atoms with Crippen molar-refractivity contribution in [3.8, 4) is 5.75 Å². The van der Waals surface area contributed by atoms with E-state index in [4.69, 9.17) is 16.3 Å². The van der Waals surface area contributed by atoms with Crippen molar-refractivity contribution in [1.82, 2.24) is 10.3 Å². The smallest absolute Gasteiger partial charge is 0.253 e. The van der Waals surface area contributed by atoms with E-state index in [1.54, 1.807) is 37.6 Å². The van der Waals surface area contributed by atoms with Gasteiger partial charge >= 0.3 is 0 Å². The van der Waals surface area contributed by atoms with E-state index in [9.17, 15) is 9.18 Å². The van der Waals surface area contributed by atoms with E-state index in [1.807, 2.05) is 13.0 Å². The molecule has 0 atom stereocenters. The second-order valence-electron chi connectivity index (χ2n) is 6.20. The fourth-order valence-corrected chi connectivity index (χ4v) is 2.76. The summed E-state index contributed by atoms with van der Waals surface area (Å²) in [5.74, 6) is -0.00703. The number of aryl methyl sites for hydroxylation is 1. The van der Waals surface area contributed by atoms with Gasteiger partial charge in [-0.2, -0.15) is 0 Å². The molecular weight excluding hydrogens is 381 g/mol. The third-order valence-corrected chi connectivity index (χ3v) is 4.53. The Morgan fingerprint density at radius 3 is 2.64 bits per heavy atom. The first kappa shape index (κ1) is 19.6. The van der Waals surface area contributed by atoms with E-state index in [-0.39, 0.29) is 11.7 Å². The molecule has 0 unspecified atom stereocenters. The molecule has 28 heavy (non-hydrogen) atoms. The minimum Gasteiger partial charge on any atom is -0.495 e. The highest BCUT2D eigenvalue weighted by Crippen LogP contribution is 2.33. The van der Waals surface area contributed by atoms with Crippen molar-refractivity contribution in [3.05, 3.63) is 82.4 Å². The average molecular weight is 400 g/mol. The van der Waals surface area contributed by atoms with E-state index < -0.39 is 0 Å². The van der Waals surface area contributed by atoms with Crippen LogP contribution >= 0.6 is 11.6 Å². The molecule has 1 amide bonds. The summed E-state index contributed by atoms with van der Waals surface area (Å²) in [5, 5.41) is 6.60. The highest BCUT2D eigenvalue weighted by atomic mass is 35.5. The number of hydrogen-bond donors (Lipinski definition) is 2. The molecule has 0 spiro atoms. The van der Waals surface area contributed by atoms with Gasteiger partial charge in [-0.1, -0.05) is 23.7 Å². The quantitative estimate of drug-likeness (QED) is 0.621. The zero-order chi connectivity index (χ0) is 20.1. The number of benzene rings is 2. The Morgan fingerprint density at radius 1 is 1.18 bits per heavy atom. The zero-order valence-corrected chi connectivity index (χ0v) is 16.2. The van der Waals surface area contributed by atoms with Gasteiger partial charge in [0.15, 0.2) is 0 Å². The van der Waals surface area contributed by atoms with Crippen molar-refractivity contribution in [2.45, 2.75) is 13.5 Å². The van der Waals surface area contributed by atoms with Crippen LogP contribution in [0.25, 0.3) is 0 Å². The van der Waals surface area contributed by atoms with Crippen molar-refractivity contribution >= 4 is 28.9 Å². The zero-order valence-electron chi connectivity index (χ0n) is 15.4. The first-order valence-electron chi connectivity index (χ1n) is 8.55. The lowest BCUT2D eigenvalue weighted by Gasteiger charge is -2.13. The molecule has 3 aromatic rings. The Morgan fingerprint density at radius 2 is 1.93 bits per heavy atom. The number of nitrogens with one attached hydrogen (secondary N) is 2. The average Bonchev–Trinajstić information content (AvgIpc) is 2.70. The van der Waals surface area contributed by atoms with E-state index in [1.165, 1.54) is 18.3 Å². The van der Waals surface area contributed by atoms with Crippen LogP contribution in [0.15, 0.2) is 54.9 Å². The Balaban J connectivity index is 1.72. The second kappa shape index (κ2) is 8.71. The first-order chi connectivity index (χ1) is 13.5. The monoisotopic (exact) mass is 399 g/mol. The van der Waals surface area contributed by atoms with Gasteiger partial charge in [-0.3, -0.25) is 9.78 Å². The molecule has 1 heterocycles. The molecule has 0 aliphatic rings. The fourth-order valence-electron chi connectivity index (χ4n) is 2.60. The van der Waals surface area contributed by atoms with Crippen LogP contribution in [0.1, 0.15) is 21.5 Å². The highest BCUT2D eigenvalue weighted by Gasteiger charge is 2.10. The van der Waals surface area contributed by atoms with Crippen molar-refractivity contribution in [3.63, 3.8) is 0 Å². The molecule has 2 aromatic carbocycles. The van der Waals surface area contributed by atoms with E-state index in [0.717, 1.165) is 16.8 Å². The van der Waals surface area contributed by atoms with Crippen molar-refractivity contribution in [2.24, 2.45) is 0 Å². The summed E-state index contributed by atoms with van der Waals surface area (Å²) >= 11 is 6.13. The molecular formula is C21H19ClFN3O2. The number of carbonyl (C=O) groups excluding carboxylic acids is 1. The van der Waals surface area contributed by atoms with Crippen LogP contribution in [0.2, 0.25) is 5.02 Å². The predicted molar refractivity (Wildman–Crippen MR) is 108 cm³/mol. The summed E-state index contributed by atoms with van der Waals surface area (Å²) < 4.78 is 18.3. The number of amides is 1. The predicted octanol–water partition coefficient (Wildman–Crippen LogP) is 4.86. The number of halogens is 2. The fraction of sp³-hybridized carbons (Fsp3) is 0.143. The molecule has 3 rings (SSSR count). The molecule has 7 heteroatoms. The van der Waals surface area contributed by atoms with Gasteiger partial charge in [0.2, 0.25) is 0 Å². The molecule has 0 aliphatic carbocycles. The van der Waals surface area contributed by atoms with E-state index in [0.29, 0.717) is 28.6 Å². The lowest BCUT2D eigenvalue weighted by Crippen LogP contribution is -2.23. The topological polar surface area (TPSA) is 63.2 Å². The molecule has 0 aliphatic heterocycles. The lowest BCUT2D eigenvalue weighted by atomic mass is 10.2. The van der Waals surface area contributed by atoms with Gasteiger partial charge in [-0.15, -0.1) is 0 Å². The van der Waals surface area contributed by atoms with Gasteiger partial charge in [0.1, 0.15) is 11.6 Å². The summed E-state index contributed by atoms with van der Waals surface area (Å²) in [6.45, 7) is 2.19. The summed E-state index contributed by atoms with van der Waals surface area (Å²) in [6, 6.07) is 11.2. The standard InChI is InChI=1S/C21H19ClFN3O2/c1-13-7-19(20(28-2)9-18(13)22)26-17-8-15(11-24-12-17)21(27)25-10-14-3-5-16(23)6-4-14/h3-9,11-12,26H,10H2,1-2H3,(H,25,27). The summed E-state index contributed by atoms with van der Waals surface area (Å²) in [6.07, 6.45) is 3.09. The van der Waals surface area contributed by atoms with E-state index in [2.05, 4.69) is 15.6 Å². The number of anilines is 2. The normalized spacial score (nSPS) is 10.4. The second-order valence-corrected chi connectivity index (χ2v) is 6.61. The molecule has 144 valence electrons. The Hall–Kier alpha value is -3.12. The van der Waals surface area contributed by atoms with Crippen molar-refractivity contribution in [1.29, 1.82) is 0 Å². The molecule has 0 bridgehead atoms. The third-order valence-electron chi connectivity index (χ3n) is 4.13. The molecule has 0 radical (unpaired) electrons. The maximum Gasteiger partial charge on any atom is 0.253 e. The SMILES string of the molecule is COc1cc(Cl)c(C)cc1Nc1cncc(C(=O)NCc2ccc(F)cc2)c1. The van der Waals surface area contributed by atoms with E-state index >= 15 is 0 Å². The molecule has 0 saturated heterocycles. The van der Waals surface area contributed by atoms with Crippen LogP contribution in [-0.4, -0.2) is 18.0 Å². The third kappa shape index (κ3) is 4.78. The molecule has 5 nitrogen and oxygen atoms in total. The number of hydrogen-bond acceptors (Lipinski definition) is 4. The number of carbonyl (C=O) groups is 1. The molecule has 2 N–H and O–H groups in total. The maximum absolute atomic E-state index is 13.0. The van der Waals surface area contributed by atoms with Crippen LogP contribution in [0.3, 0.4) is 0 Å².